The number of anilines is 1. The van der Waals surface area contributed by atoms with Crippen LogP contribution < -0.4 is 16.4 Å². The molecule has 0 fully saturated rings. The number of amides is 2. The molecule has 0 saturated heterocycles. The minimum atomic E-state index is -0.297. The average Bonchev–Trinajstić information content (AvgIpc) is 2.87. The molecular formula is C14H16ClN3O2. The Morgan fingerprint density at radius 2 is 2.10 bits per heavy atom. The molecule has 1 aliphatic rings. The number of carbonyl (C=O) groups is 2. The van der Waals surface area contributed by atoms with E-state index in [9.17, 15) is 9.59 Å². The van der Waals surface area contributed by atoms with Gasteiger partial charge in [0.1, 0.15) is 0 Å². The quantitative estimate of drug-likeness (QED) is 0.739. The van der Waals surface area contributed by atoms with Gasteiger partial charge in [-0.15, -0.1) is 0 Å². The standard InChI is InChI=1S/C14H16ClN3O2/c1-17-14(20)11-7-10(4-5-12(11)15)18-13(19)8-2-3-9(16)6-8/h2-5,7-9H,6,16H2,1H3,(H,17,20)(H,18,19). The van der Waals surface area contributed by atoms with E-state index in [-0.39, 0.29) is 23.8 Å². The monoisotopic (exact) mass is 293 g/mol. The molecule has 4 N–H and O–H groups in total. The summed E-state index contributed by atoms with van der Waals surface area (Å²) in [5.74, 6) is -0.669. The molecule has 1 aromatic rings. The van der Waals surface area contributed by atoms with Crippen LogP contribution in [0.5, 0.6) is 0 Å². The van der Waals surface area contributed by atoms with Crippen LogP contribution in [0.4, 0.5) is 5.69 Å². The van der Waals surface area contributed by atoms with Crippen LogP contribution in [0.2, 0.25) is 5.02 Å². The van der Waals surface area contributed by atoms with E-state index < -0.39 is 0 Å². The lowest BCUT2D eigenvalue weighted by Gasteiger charge is -2.12. The maximum absolute atomic E-state index is 12.0. The first-order chi connectivity index (χ1) is 9.51. The maximum atomic E-state index is 12.0. The zero-order valence-electron chi connectivity index (χ0n) is 11.0. The molecular weight excluding hydrogens is 278 g/mol. The first kappa shape index (κ1) is 14.6. The summed E-state index contributed by atoms with van der Waals surface area (Å²) in [5.41, 5.74) is 6.58. The van der Waals surface area contributed by atoms with Crippen molar-refractivity contribution < 1.29 is 9.59 Å². The first-order valence-electron chi connectivity index (χ1n) is 6.27. The van der Waals surface area contributed by atoms with Gasteiger partial charge in [-0.2, -0.15) is 0 Å². The van der Waals surface area contributed by atoms with E-state index in [0.717, 1.165) is 0 Å². The molecule has 1 aromatic carbocycles. The Hall–Kier alpha value is -1.85. The predicted molar refractivity (Wildman–Crippen MR) is 78.7 cm³/mol. The fourth-order valence-electron chi connectivity index (χ4n) is 2.07. The highest BCUT2D eigenvalue weighted by atomic mass is 35.5. The molecule has 5 nitrogen and oxygen atoms in total. The van der Waals surface area contributed by atoms with E-state index in [0.29, 0.717) is 22.7 Å². The van der Waals surface area contributed by atoms with E-state index >= 15 is 0 Å². The van der Waals surface area contributed by atoms with Crippen molar-refractivity contribution in [2.45, 2.75) is 12.5 Å². The molecule has 0 bridgehead atoms. The second-order valence-electron chi connectivity index (χ2n) is 4.65. The molecule has 2 atom stereocenters. The first-order valence-corrected chi connectivity index (χ1v) is 6.65. The number of nitrogens with one attached hydrogen (secondary N) is 2. The second-order valence-corrected chi connectivity index (χ2v) is 5.06. The zero-order valence-corrected chi connectivity index (χ0v) is 11.8. The van der Waals surface area contributed by atoms with Crippen molar-refractivity contribution in [1.82, 2.24) is 5.32 Å². The van der Waals surface area contributed by atoms with Crippen molar-refractivity contribution in [3.63, 3.8) is 0 Å². The normalized spacial score (nSPS) is 20.8. The highest BCUT2D eigenvalue weighted by Gasteiger charge is 2.23. The van der Waals surface area contributed by atoms with Crippen molar-refractivity contribution >= 4 is 29.1 Å². The maximum Gasteiger partial charge on any atom is 0.252 e. The number of hydrogen-bond donors (Lipinski definition) is 3. The van der Waals surface area contributed by atoms with Crippen LogP contribution in [0, 0.1) is 5.92 Å². The van der Waals surface area contributed by atoms with Crippen molar-refractivity contribution in [1.29, 1.82) is 0 Å². The molecule has 1 aliphatic carbocycles. The third kappa shape index (κ3) is 3.18. The molecule has 0 saturated carbocycles. The molecule has 20 heavy (non-hydrogen) atoms. The van der Waals surface area contributed by atoms with Crippen molar-refractivity contribution in [2.75, 3.05) is 12.4 Å². The molecule has 2 amide bonds. The molecule has 0 aliphatic heterocycles. The summed E-state index contributed by atoms with van der Waals surface area (Å²) in [4.78, 5) is 23.7. The van der Waals surface area contributed by atoms with Gasteiger partial charge in [-0.25, -0.2) is 0 Å². The van der Waals surface area contributed by atoms with Gasteiger partial charge in [0.15, 0.2) is 0 Å². The lowest BCUT2D eigenvalue weighted by atomic mass is 10.1. The molecule has 0 heterocycles. The van der Waals surface area contributed by atoms with Gasteiger partial charge in [-0.1, -0.05) is 23.8 Å². The van der Waals surface area contributed by atoms with Crippen LogP contribution in [0.3, 0.4) is 0 Å². The largest absolute Gasteiger partial charge is 0.355 e. The van der Waals surface area contributed by atoms with Crippen LogP contribution in [-0.4, -0.2) is 24.9 Å². The van der Waals surface area contributed by atoms with Crippen LogP contribution in [0.1, 0.15) is 16.8 Å². The number of hydrogen-bond acceptors (Lipinski definition) is 3. The summed E-state index contributed by atoms with van der Waals surface area (Å²) in [6.07, 6.45) is 4.22. The van der Waals surface area contributed by atoms with Crippen molar-refractivity contribution in [2.24, 2.45) is 11.7 Å². The lowest BCUT2D eigenvalue weighted by molar-refractivity contribution is -0.118. The van der Waals surface area contributed by atoms with Crippen molar-refractivity contribution in [3.8, 4) is 0 Å². The van der Waals surface area contributed by atoms with Crippen LogP contribution in [0.25, 0.3) is 0 Å². The Balaban J connectivity index is 2.12. The van der Waals surface area contributed by atoms with Crippen LogP contribution in [0.15, 0.2) is 30.4 Å². The van der Waals surface area contributed by atoms with Gasteiger partial charge in [-0.3, -0.25) is 9.59 Å². The fourth-order valence-corrected chi connectivity index (χ4v) is 2.27. The summed E-state index contributed by atoms with van der Waals surface area (Å²) >= 11 is 5.95. The number of halogens is 1. The number of carbonyl (C=O) groups excluding carboxylic acids is 2. The number of rotatable bonds is 3. The summed E-state index contributed by atoms with van der Waals surface area (Å²) in [7, 11) is 1.52. The Morgan fingerprint density at radius 3 is 2.70 bits per heavy atom. The molecule has 0 spiro atoms. The number of benzene rings is 1. The Morgan fingerprint density at radius 1 is 1.35 bits per heavy atom. The third-order valence-corrected chi connectivity index (χ3v) is 3.49. The Labute approximate surface area is 122 Å². The Bertz CT molecular complexity index is 572. The molecule has 6 heteroatoms. The minimum absolute atomic E-state index is 0.0719. The zero-order chi connectivity index (χ0) is 14.7. The van der Waals surface area contributed by atoms with Gasteiger partial charge >= 0.3 is 0 Å². The fraction of sp³-hybridized carbons (Fsp3) is 0.286. The molecule has 2 unspecified atom stereocenters. The van der Waals surface area contributed by atoms with Gasteiger partial charge in [0.05, 0.1) is 16.5 Å². The van der Waals surface area contributed by atoms with Gasteiger partial charge in [-0.05, 0) is 24.6 Å². The number of nitrogens with two attached hydrogens (primary N) is 1. The SMILES string of the molecule is CNC(=O)c1cc(NC(=O)C2C=CC(N)C2)ccc1Cl. The van der Waals surface area contributed by atoms with E-state index in [1.807, 2.05) is 6.08 Å². The predicted octanol–water partition coefficient (Wildman–Crippen LogP) is 1.54. The summed E-state index contributed by atoms with van der Waals surface area (Å²) in [5, 5.41) is 5.60. The summed E-state index contributed by atoms with van der Waals surface area (Å²) < 4.78 is 0. The van der Waals surface area contributed by atoms with E-state index in [1.165, 1.54) is 7.05 Å². The lowest BCUT2D eigenvalue weighted by Crippen LogP contribution is -2.24. The summed E-state index contributed by atoms with van der Waals surface area (Å²) in [6, 6.07) is 4.72. The van der Waals surface area contributed by atoms with E-state index in [2.05, 4.69) is 10.6 Å². The van der Waals surface area contributed by atoms with Crippen LogP contribution in [-0.2, 0) is 4.79 Å². The van der Waals surface area contributed by atoms with E-state index in [4.69, 9.17) is 17.3 Å². The van der Waals surface area contributed by atoms with Gasteiger partial charge in [0, 0.05) is 18.8 Å². The molecule has 0 radical (unpaired) electrons. The molecule has 0 aromatic heterocycles. The highest BCUT2D eigenvalue weighted by Crippen LogP contribution is 2.23. The molecule has 106 valence electrons. The topological polar surface area (TPSA) is 84.2 Å². The van der Waals surface area contributed by atoms with Crippen molar-refractivity contribution in [3.05, 3.63) is 40.9 Å². The van der Waals surface area contributed by atoms with E-state index in [1.54, 1.807) is 24.3 Å². The molecule has 2 rings (SSSR count). The third-order valence-electron chi connectivity index (χ3n) is 3.16. The highest BCUT2D eigenvalue weighted by molar-refractivity contribution is 6.34. The van der Waals surface area contributed by atoms with Gasteiger partial charge < -0.3 is 16.4 Å². The van der Waals surface area contributed by atoms with Gasteiger partial charge in [0.2, 0.25) is 5.91 Å². The van der Waals surface area contributed by atoms with Crippen LogP contribution >= 0.6 is 11.6 Å². The smallest absolute Gasteiger partial charge is 0.252 e. The average molecular weight is 294 g/mol. The Kier molecular flexibility index (Phi) is 4.42. The summed E-state index contributed by atoms with van der Waals surface area (Å²) in [6.45, 7) is 0. The second kappa shape index (κ2) is 6.07. The minimum Gasteiger partial charge on any atom is -0.355 e. The van der Waals surface area contributed by atoms with Gasteiger partial charge in [0.25, 0.3) is 5.91 Å².